The summed E-state index contributed by atoms with van der Waals surface area (Å²) in [6.07, 6.45) is 0. The van der Waals surface area contributed by atoms with Crippen molar-refractivity contribution in [1.82, 2.24) is 16.0 Å². The largest absolute Gasteiger partial charge is 0.376 e. The minimum Gasteiger partial charge on any atom is -0.376 e. The Balaban J connectivity index is 0.00000450. The van der Waals surface area contributed by atoms with E-state index >= 15 is 0 Å². The SMILES string of the molecule is CCNC(=NCc1cccc(C(=O)NC)c1)NCC(C)COCc1ccccc1.I. The molecule has 6 nitrogen and oxygen atoms in total. The first-order valence-electron chi connectivity index (χ1n) is 10.1. The Bertz CT molecular complexity index is 784. The number of nitrogens with one attached hydrogen (secondary N) is 3. The van der Waals surface area contributed by atoms with Gasteiger partial charge in [0.15, 0.2) is 5.96 Å². The molecule has 0 aliphatic heterocycles. The molecule has 2 aromatic rings. The van der Waals surface area contributed by atoms with Crippen molar-refractivity contribution in [3.05, 3.63) is 71.3 Å². The molecular formula is C23H33IN4O2. The minimum absolute atomic E-state index is 0. The number of benzene rings is 2. The molecule has 0 fully saturated rings. The molecule has 0 radical (unpaired) electrons. The molecule has 0 spiro atoms. The first-order valence-corrected chi connectivity index (χ1v) is 10.1. The Morgan fingerprint density at radius 3 is 2.50 bits per heavy atom. The van der Waals surface area contributed by atoms with E-state index in [1.165, 1.54) is 5.56 Å². The zero-order chi connectivity index (χ0) is 20.9. The lowest BCUT2D eigenvalue weighted by Gasteiger charge is -2.16. The van der Waals surface area contributed by atoms with Gasteiger partial charge in [-0.15, -0.1) is 24.0 Å². The Kier molecular flexibility index (Phi) is 12.8. The zero-order valence-electron chi connectivity index (χ0n) is 18.0. The van der Waals surface area contributed by atoms with Crippen LogP contribution >= 0.6 is 24.0 Å². The van der Waals surface area contributed by atoms with Crippen molar-refractivity contribution >= 4 is 35.8 Å². The van der Waals surface area contributed by atoms with Crippen LogP contribution in [0, 0.1) is 5.92 Å². The van der Waals surface area contributed by atoms with E-state index in [0.717, 1.165) is 24.6 Å². The molecule has 0 aliphatic carbocycles. The summed E-state index contributed by atoms with van der Waals surface area (Å²) in [6, 6.07) is 17.7. The fraction of sp³-hybridized carbons (Fsp3) is 0.391. The maximum absolute atomic E-state index is 11.8. The van der Waals surface area contributed by atoms with E-state index in [-0.39, 0.29) is 29.9 Å². The number of rotatable bonds is 10. The van der Waals surface area contributed by atoms with E-state index in [1.807, 2.05) is 43.3 Å². The fourth-order valence-electron chi connectivity index (χ4n) is 2.75. The molecule has 0 saturated heterocycles. The van der Waals surface area contributed by atoms with Crippen LogP contribution in [0.25, 0.3) is 0 Å². The molecule has 0 bridgehead atoms. The van der Waals surface area contributed by atoms with Crippen molar-refractivity contribution < 1.29 is 9.53 Å². The third kappa shape index (κ3) is 9.58. The van der Waals surface area contributed by atoms with Gasteiger partial charge in [-0.3, -0.25) is 4.79 Å². The summed E-state index contributed by atoms with van der Waals surface area (Å²) >= 11 is 0. The van der Waals surface area contributed by atoms with Gasteiger partial charge in [0.05, 0.1) is 19.8 Å². The number of nitrogens with zero attached hydrogens (tertiary/aromatic N) is 1. The van der Waals surface area contributed by atoms with Crippen LogP contribution in [0.15, 0.2) is 59.6 Å². The van der Waals surface area contributed by atoms with Crippen LogP contribution in [0.5, 0.6) is 0 Å². The van der Waals surface area contributed by atoms with E-state index in [0.29, 0.717) is 31.2 Å². The summed E-state index contributed by atoms with van der Waals surface area (Å²) in [7, 11) is 1.63. The number of amides is 1. The summed E-state index contributed by atoms with van der Waals surface area (Å²) in [4.78, 5) is 16.4. The average molecular weight is 524 g/mol. The normalized spacial score (nSPS) is 11.9. The van der Waals surface area contributed by atoms with Gasteiger partial charge >= 0.3 is 0 Å². The molecule has 164 valence electrons. The molecule has 0 aliphatic rings. The van der Waals surface area contributed by atoms with Crippen molar-refractivity contribution in [2.75, 3.05) is 26.7 Å². The number of halogens is 1. The molecule has 2 rings (SSSR count). The summed E-state index contributed by atoms with van der Waals surface area (Å²) in [5, 5.41) is 9.27. The summed E-state index contributed by atoms with van der Waals surface area (Å²) in [5.41, 5.74) is 2.81. The maximum atomic E-state index is 11.8. The molecule has 2 aromatic carbocycles. The third-order valence-electron chi connectivity index (χ3n) is 4.31. The third-order valence-corrected chi connectivity index (χ3v) is 4.31. The molecular weight excluding hydrogens is 491 g/mol. The Morgan fingerprint density at radius 1 is 1.07 bits per heavy atom. The van der Waals surface area contributed by atoms with Gasteiger partial charge in [0.2, 0.25) is 0 Å². The molecule has 7 heteroatoms. The first-order chi connectivity index (χ1) is 14.1. The van der Waals surface area contributed by atoms with Crippen LogP contribution in [0.2, 0.25) is 0 Å². The lowest BCUT2D eigenvalue weighted by molar-refractivity contribution is 0.0931. The highest BCUT2D eigenvalue weighted by Gasteiger charge is 2.06. The summed E-state index contributed by atoms with van der Waals surface area (Å²) in [5.74, 6) is 1.01. The van der Waals surface area contributed by atoms with Crippen molar-refractivity contribution in [2.24, 2.45) is 10.9 Å². The van der Waals surface area contributed by atoms with Crippen LogP contribution in [0.3, 0.4) is 0 Å². The van der Waals surface area contributed by atoms with E-state index in [1.54, 1.807) is 13.1 Å². The van der Waals surface area contributed by atoms with E-state index in [9.17, 15) is 4.79 Å². The maximum Gasteiger partial charge on any atom is 0.251 e. The van der Waals surface area contributed by atoms with Gasteiger partial charge in [-0.2, -0.15) is 0 Å². The molecule has 1 unspecified atom stereocenters. The number of aliphatic imine (C=N–C) groups is 1. The number of carbonyl (C=O) groups excluding carboxylic acids is 1. The predicted molar refractivity (Wildman–Crippen MR) is 133 cm³/mol. The monoisotopic (exact) mass is 524 g/mol. The molecule has 30 heavy (non-hydrogen) atoms. The molecule has 3 N–H and O–H groups in total. The first kappa shape index (κ1) is 25.9. The van der Waals surface area contributed by atoms with Gasteiger partial charge in [-0.05, 0) is 36.1 Å². The second-order valence-corrected chi connectivity index (χ2v) is 6.96. The smallest absolute Gasteiger partial charge is 0.251 e. The van der Waals surface area contributed by atoms with Crippen LogP contribution < -0.4 is 16.0 Å². The number of hydrogen-bond donors (Lipinski definition) is 3. The van der Waals surface area contributed by atoms with Gasteiger partial charge in [0.25, 0.3) is 5.91 Å². The highest BCUT2D eigenvalue weighted by atomic mass is 127. The van der Waals surface area contributed by atoms with Crippen molar-refractivity contribution in [2.45, 2.75) is 27.0 Å². The molecule has 0 heterocycles. The molecule has 0 saturated carbocycles. The van der Waals surface area contributed by atoms with Gasteiger partial charge in [-0.25, -0.2) is 4.99 Å². The minimum atomic E-state index is -0.0924. The van der Waals surface area contributed by atoms with Crippen molar-refractivity contribution in [3.63, 3.8) is 0 Å². The zero-order valence-corrected chi connectivity index (χ0v) is 20.3. The van der Waals surface area contributed by atoms with Gasteiger partial charge in [-0.1, -0.05) is 49.4 Å². The summed E-state index contributed by atoms with van der Waals surface area (Å²) < 4.78 is 5.81. The van der Waals surface area contributed by atoms with Crippen LogP contribution in [-0.4, -0.2) is 38.6 Å². The molecule has 1 amide bonds. The predicted octanol–water partition coefficient (Wildman–Crippen LogP) is 3.57. The van der Waals surface area contributed by atoms with Gasteiger partial charge < -0.3 is 20.7 Å². The number of carbonyl (C=O) groups is 1. The Labute approximate surface area is 196 Å². The van der Waals surface area contributed by atoms with Gasteiger partial charge in [0, 0.05) is 25.7 Å². The van der Waals surface area contributed by atoms with Crippen LogP contribution in [0.1, 0.15) is 35.3 Å². The number of hydrogen-bond acceptors (Lipinski definition) is 3. The van der Waals surface area contributed by atoms with E-state index in [2.05, 4.69) is 40.0 Å². The Hall–Kier alpha value is -2.13. The summed E-state index contributed by atoms with van der Waals surface area (Å²) in [6.45, 7) is 7.53. The number of ether oxygens (including phenoxy) is 1. The second-order valence-electron chi connectivity index (χ2n) is 6.96. The highest BCUT2D eigenvalue weighted by molar-refractivity contribution is 14.0. The lowest BCUT2D eigenvalue weighted by atomic mass is 10.1. The second kappa shape index (κ2) is 14.8. The lowest BCUT2D eigenvalue weighted by Crippen LogP contribution is -2.40. The fourth-order valence-corrected chi connectivity index (χ4v) is 2.75. The highest BCUT2D eigenvalue weighted by Crippen LogP contribution is 2.07. The van der Waals surface area contributed by atoms with Crippen molar-refractivity contribution in [1.29, 1.82) is 0 Å². The van der Waals surface area contributed by atoms with Crippen molar-refractivity contribution in [3.8, 4) is 0 Å². The standard InChI is InChI=1S/C23H32N4O2.HI/c1-4-25-23(27-15-20-11-8-12-21(13-20)22(28)24-3)26-14-18(2)16-29-17-19-9-6-5-7-10-19;/h5-13,18H,4,14-17H2,1-3H3,(H,24,28)(H2,25,26,27);1H. The number of guanidine groups is 1. The van der Waals surface area contributed by atoms with E-state index in [4.69, 9.17) is 4.74 Å². The van der Waals surface area contributed by atoms with Crippen LogP contribution in [0.4, 0.5) is 0 Å². The van der Waals surface area contributed by atoms with Crippen LogP contribution in [-0.2, 0) is 17.9 Å². The molecule has 1 atom stereocenters. The topological polar surface area (TPSA) is 74.8 Å². The average Bonchev–Trinajstić information content (AvgIpc) is 2.76. The Morgan fingerprint density at radius 2 is 1.80 bits per heavy atom. The van der Waals surface area contributed by atoms with E-state index < -0.39 is 0 Å². The van der Waals surface area contributed by atoms with Gasteiger partial charge in [0.1, 0.15) is 0 Å². The quantitative estimate of drug-likeness (QED) is 0.253. The molecule has 0 aromatic heterocycles.